The first kappa shape index (κ1) is 24.3. The number of hydrogen-bond acceptors (Lipinski definition) is 3. The summed E-state index contributed by atoms with van der Waals surface area (Å²) in [5.74, 6) is 1.12. The van der Waals surface area contributed by atoms with Gasteiger partial charge in [0.1, 0.15) is 0 Å². The normalized spacial score (nSPS) is 18.5. The molecule has 2 aromatic carbocycles. The number of carbonyl (C=O) groups excluding carboxylic acids is 1. The Morgan fingerprint density at radius 1 is 1.06 bits per heavy atom. The summed E-state index contributed by atoms with van der Waals surface area (Å²) < 4.78 is 6.42. The van der Waals surface area contributed by atoms with Gasteiger partial charge in [-0.15, -0.1) is 0 Å². The molecule has 1 saturated heterocycles. The quantitative estimate of drug-likeness (QED) is 0.451. The molecule has 5 heteroatoms. The Bertz CT molecular complexity index is 887. The lowest BCUT2D eigenvalue weighted by Gasteiger charge is -2.36. The van der Waals surface area contributed by atoms with Crippen LogP contribution in [0.25, 0.3) is 0 Å². The second kappa shape index (κ2) is 12.0. The molecule has 0 bridgehead atoms. The number of halogens is 1. The fourth-order valence-electron chi connectivity index (χ4n) is 5.13. The van der Waals surface area contributed by atoms with Crippen molar-refractivity contribution in [3.8, 4) is 0 Å². The molecule has 1 atom stereocenters. The first-order valence-electron chi connectivity index (χ1n) is 12.5. The van der Waals surface area contributed by atoms with Gasteiger partial charge in [0.15, 0.2) is 0 Å². The van der Waals surface area contributed by atoms with Gasteiger partial charge >= 0.3 is 0 Å². The standard InChI is InChI=1S/C28H37ClN2O2/c1-22-5-4-8-24(19-22)21-33-27(25-10-12-26(29)13-11-25)20-30-15-17-31(18-16-30)28(32)14-9-23-6-2-3-7-23/h4-5,8,10-13,19,23,27H,2-3,6-7,9,14-18,20-21H2,1H3/t27-/m0/s1. The Kier molecular flexibility index (Phi) is 8.82. The molecule has 2 fully saturated rings. The highest BCUT2D eigenvalue weighted by molar-refractivity contribution is 6.30. The summed E-state index contributed by atoms with van der Waals surface area (Å²) in [5, 5.41) is 0.737. The maximum absolute atomic E-state index is 12.7. The largest absolute Gasteiger partial charge is 0.368 e. The van der Waals surface area contributed by atoms with Crippen molar-refractivity contribution in [3.05, 3.63) is 70.2 Å². The Morgan fingerprint density at radius 2 is 1.79 bits per heavy atom. The van der Waals surface area contributed by atoms with Gasteiger partial charge in [-0.1, -0.05) is 79.2 Å². The second-order valence-electron chi connectivity index (χ2n) is 9.71. The highest BCUT2D eigenvalue weighted by Gasteiger charge is 2.25. The molecule has 33 heavy (non-hydrogen) atoms. The van der Waals surface area contributed by atoms with Gasteiger partial charge in [-0.05, 0) is 42.5 Å². The molecule has 0 radical (unpaired) electrons. The van der Waals surface area contributed by atoms with Gasteiger partial charge in [-0.3, -0.25) is 9.69 Å². The van der Waals surface area contributed by atoms with Crippen molar-refractivity contribution in [2.24, 2.45) is 5.92 Å². The first-order chi connectivity index (χ1) is 16.1. The van der Waals surface area contributed by atoms with Crippen LogP contribution in [0.2, 0.25) is 5.02 Å². The Hall–Kier alpha value is -1.88. The van der Waals surface area contributed by atoms with Crippen molar-refractivity contribution in [1.29, 1.82) is 0 Å². The average Bonchev–Trinajstić information content (AvgIpc) is 3.35. The number of amides is 1. The van der Waals surface area contributed by atoms with E-state index in [2.05, 4.69) is 53.1 Å². The third kappa shape index (κ3) is 7.30. The maximum Gasteiger partial charge on any atom is 0.222 e. The van der Waals surface area contributed by atoms with Crippen LogP contribution in [0.5, 0.6) is 0 Å². The number of benzene rings is 2. The van der Waals surface area contributed by atoms with Crippen LogP contribution < -0.4 is 0 Å². The van der Waals surface area contributed by atoms with E-state index in [1.54, 1.807) is 0 Å². The van der Waals surface area contributed by atoms with Crippen LogP contribution in [0, 0.1) is 12.8 Å². The number of hydrogen-bond donors (Lipinski definition) is 0. The number of aryl methyl sites for hydroxylation is 1. The molecule has 1 saturated carbocycles. The van der Waals surface area contributed by atoms with Crippen LogP contribution in [0.1, 0.15) is 61.3 Å². The number of nitrogens with zero attached hydrogens (tertiary/aromatic N) is 2. The van der Waals surface area contributed by atoms with Gasteiger partial charge in [0.05, 0.1) is 12.7 Å². The number of piperazine rings is 1. The molecule has 178 valence electrons. The molecule has 2 aliphatic rings. The molecule has 0 unspecified atom stereocenters. The summed E-state index contributed by atoms with van der Waals surface area (Å²) in [6, 6.07) is 16.5. The molecule has 1 aliphatic heterocycles. The molecular formula is C28H37ClN2O2. The zero-order chi connectivity index (χ0) is 23.0. The van der Waals surface area contributed by atoms with Crippen molar-refractivity contribution in [2.75, 3.05) is 32.7 Å². The van der Waals surface area contributed by atoms with Gasteiger partial charge in [-0.2, -0.15) is 0 Å². The lowest BCUT2D eigenvalue weighted by atomic mass is 10.0. The lowest BCUT2D eigenvalue weighted by Crippen LogP contribution is -2.49. The van der Waals surface area contributed by atoms with Gasteiger partial charge in [0, 0.05) is 44.2 Å². The molecule has 1 amide bonds. The summed E-state index contributed by atoms with van der Waals surface area (Å²) in [4.78, 5) is 17.2. The molecule has 2 aromatic rings. The van der Waals surface area contributed by atoms with Crippen LogP contribution in [0.3, 0.4) is 0 Å². The molecule has 0 aromatic heterocycles. The summed E-state index contributed by atoms with van der Waals surface area (Å²) in [7, 11) is 0. The van der Waals surface area contributed by atoms with E-state index >= 15 is 0 Å². The first-order valence-corrected chi connectivity index (χ1v) is 12.9. The minimum Gasteiger partial charge on any atom is -0.368 e. The van der Waals surface area contributed by atoms with E-state index in [1.165, 1.54) is 36.8 Å². The Labute approximate surface area is 203 Å². The van der Waals surface area contributed by atoms with Crippen LogP contribution >= 0.6 is 11.6 Å². The summed E-state index contributed by atoms with van der Waals surface area (Å²) in [6.07, 6.45) is 7.08. The van der Waals surface area contributed by atoms with Crippen LogP contribution in [0.4, 0.5) is 0 Å². The predicted octanol–water partition coefficient (Wildman–Crippen LogP) is 6.02. The predicted molar refractivity (Wildman–Crippen MR) is 134 cm³/mol. The summed E-state index contributed by atoms with van der Waals surface area (Å²) in [6.45, 7) is 6.92. The highest BCUT2D eigenvalue weighted by Crippen LogP contribution is 2.29. The maximum atomic E-state index is 12.7. The zero-order valence-electron chi connectivity index (χ0n) is 19.8. The van der Waals surface area contributed by atoms with E-state index in [0.717, 1.165) is 62.1 Å². The smallest absolute Gasteiger partial charge is 0.222 e. The van der Waals surface area contributed by atoms with Crippen molar-refractivity contribution in [1.82, 2.24) is 9.80 Å². The molecule has 0 N–H and O–H groups in total. The molecule has 4 rings (SSSR count). The Balaban J connectivity index is 1.30. The molecule has 1 heterocycles. The molecule has 4 nitrogen and oxygen atoms in total. The van der Waals surface area contributed by atoms with Crippen LogP contribution in [0.15, 0.2) is 48.5 Å². The fraction of sp³-hybridized carbons (Fsp3) is 0.536. The molecule has 0 spiro atoms. The third-order valence-corrected chi connectivity index (χ3v) is 7.42. The number of rotatable bonds is 9. The van der Waals surface area contributed by atoms with Crippen molar-refractivity contribution >= 4 is 17.5 Å². The van der Waals surface area contributed by atoms with E-state index < -0.39 is 0 Å². The van der Waals surface area contributed by atoms with E-state index in [1.807, 2.05) is 12.1 Å². The van der Waals surface area contributed by atoms with Crippen LogP contribution in [-0.2, 0) is 16.1 Å². The molecule has 1 aliphatic carbocycles. The van der Waals surface area contributed by atoms with E-state index in [-0.39, 0.29) is 6.10 Å². The van der Waals surface area contributed by atoms with Gasteiger partial charge < -0.3 is 9.64 Å². The average molecular weight is 469 g/mol. The topological polar surface area (TPSA) is 32.8 Å². The molecular weight excluding hydrogens is 432 g/mol. The van der Waals surface area contributed by atoms with Crippen LogP contribution in [-0.4, -0.2) is 48.4 Å². The van der Waals surface area contributed by atoms with Crippen molar-refractivity contribution in [3.63, 3.8) is 0 Å². The van der Waals surface area contributed by atoms with Crippen molar-refractivity contribution in [2.45, 2.75) is 58.2 Å². The minimum absolute atomic E-state index is 0.0348. The van der Waals surface area contributed by atoms with Crippen molar-refractivity contribution < 1.29 is 9.53 Å². The minimum atomic E-state index is -0.0348. The summed E-state index contributed by atoms with van der Waals surface area (Å²) in [5.41, 5.74) is 3.57. The lowest BCUT2D eigenvalue weighted by molar-refractivity contribution is -0.133. The Morgan fingerprint density at radius 3 is 2.48 bits per heavy atom. The SMILES string of the molecule is Cc1cccc(CO[C@@H](CN2CCN(C(=O)CCC3CCCC3)CC2)c2ccc(Cl)cc2)c1. The monoisotopic (exact) mass is 468 g/mol. The highest BCUT2D eigenvalue weighted by atomic mass is 35.5. The number of carbonyl (C=O) groups is 1. The zero-order valence-corrected chi connectivity index (χ0v) is 20.6. The van der Waals surface area contributed by atoms with E-state index in [9.17, 15) is 4.79 Å². The van der Waals surface area contributed by atoms with Gasteiger partial charge in [0.2, 0.25) is 5.91 Å². The summed E-state index contributed by atoms with van der Waals surface area (Å²) >= 11 is 6.12. The number of ether oxygens (including phenoxy) is 1. The van der Waals surface area contributed by atoms with Gasteiger partial charge in [-0.25, -0.2) is 0 Å². The fourth-order valence-corrected chi connectivity index (χ4v) is 5.26. The van der Waals surface area contributed by atoms with E-state index in [4.69, 9.17) is 16.3 Å². The second-order valence-corrected chi connectivity index (χ2v) is 10.1. The van der Waals surface area contributed by atoms with E-state index in [0.29, 0.717) is 12.5 Å². The van der Waals surface area contributed by atoms with Gasteiger partial charge in [0.25, 0.3) is 0 Å². The third-order valence-electron chi connectivity index (χ3n) is 7.17.